The van der Waals surface area contributed by atoms with Crippen molar-refractivity contribution in [2.45, 2.75) is 24.8 Å². The molecule has 0 amide bonds. The highest BCUT2D eigenvalue weighted by Gasteiger charge is 2.19. The van der Waals surface area contributed by atoms with E-state index in [2.05, 4.69) is 4.99 Å². The van der Waals surface area contributed by atoms with Crippen molar-refractivity contribution in [2.24, 2.45) is 4.99 Å². The van der Waals surface area contributed by atoms with Crippen molar-refractivity contribution in [3.63, 3.8) is 0 Å². The summed E-state index contributed by atoms with van der Waals surface area (Å²) >= 11 is 0. The predicted octanol–water partition coefficient (Wildman–Crippen LogP) is 1.93. The van der Waals surface area contributed by atoms with Crippen LogP contribution in [0.4, 0.5) is 5.69 Å². The smallest absolute Gasteiger partial charge is 0.324 e. The molecule has 2 aromatic rings. The van der Waals surface area contributed by atoms with Gasteiger partial charge in [-0.15, -0.1) is 0 Å². The first-order valence-electron chi connectivity index (χ1n) is 7.84. The van der Waals surface area contributed by atoms with Gasteiger partial charge in [0, 0.05) is 7.05 Å². The molecule has 0 heterocycles. The maximum atomic E-state index is 12.3. The fourth-order valence-electron chi connectivity index (χ4n) is 2.04. The second-order valence-corrected chi connectivity index (χ2v) is 7.75. The molecule has 0 saturated heterocycles. The molecule has 2 rings (SSSR count). The summed E-state index contributed by atoms with van der Waals surface area (Å²) in [6.45, 7) is 4.33. The Morgan fingerprint density at radius 3 is 2.38 bits per heavy atom. The first-order valence-corrected chi connectivity index (χ1v) is 9.39. The maximum Gasteiger partial charge on any atom is 0.324 e. The topological polar surface area (TPSA) is 66.3 Å². The molecule has 1 unspecified atom stereocenters. The number of nitrogens with two attached hydrogens (primary N) is 1. The summed E-state index contributed by atoms with van der Waals surface area (Å²) in [5, 5.41) is 0. The van der Waals surface area contributed by atoms with Gasteiger partial charge in [0.2, 0.25) is 0 Å². The molecule has 0 bridgehead atoms. The number of hydrogen-bond donors (Lipinski definition) is 1. The minimum absolute atomic E-state index is 0.0256. The summed E-state index contributed by atoms with van der Waals surface area (Å²) in [5.74, 6) is 0. The normalized spacial score (nSPS) is 13.1. The van der Waals surface area contributed by atoms with Crippen LogP contribution in [0.1, 0.15) is 12.5 Å². The third-order valence-electron chi connectivity index (χ3n) is 3.85. The maximum absolute atomic E-state index is 12.3. The molecule has 0 fully saturated rings. The summed E-state index contributed by atoms with van der Waals surface area (Å²) < 4.78 is 26.1. The third-order valence-corrected chi connectivity index (χ3v) is 5.41. The van der Waals surface area contributed by atoms with Crippen molar-refractivity contribution >= 4 is 22.0 Å². The second-order valence-electron chi connectivity index (χ2n) is 5.86. The van der Waals surface area contributed by atoms with E-state index < -0.39 is 10.0 Å². The van der Waals surface area contributed by atoms with E-state index in [1.165, 1.54) is 4.72 Å². The van der Waals surface area contributed by atoms with Gasteiger partial charge in [0.1, 0.15) is 11.4 Å². The number of para-hydroxylation sites is 1. The van der Waals surface area contributed by atoms with Gasteiger partial charge in [-0.2, -0.15) is 8.42 Å². The standard InChI is InChI=1S/C18H23N3O2S/c1-15-9-11-18(12-10-15)24(22,23)20-13-16(2)21(3)14-19-17-7-5-4-6-8-17/h4-12,14,16,20H,13H2,1-3H3/p+1. The molecular formula is C18H24N3O2S+. The van der Waals surface area contributed by atoms with Gasteiger partial charge >= 0.3 is 10.0 Å². The molecular weight excluding hydrogens is 322 g/mol. The number of primary sulfonamides is 1. The third kappa shape index (κ3) is 5.18. The monoisotopic (exact) mass is 346 g/mol. The van der Waals surface area contributed by atoms with Gasteiger partial charge in [0.05, 0.1) is 18.1 Å². The van der Waals surface area contributed by atoms with E-state index in [0.29, 0.717) is 11.4 Å². The average Bonchev–Trinajstić information content (AvgIpc) is 2.59. The zero-order chi connectivity index (χ0) is 17.6. The van der Waals surface area contributed by atoms with Crippen LogP contribution >= 0.6 is 0 Å². The Morgan fingerprint density at radius 2 is 1.75 bits per heavy atom. The summed E-state index contributed by atoms with van der Waals surface area (Å²) in [4.78, 5) is 6.62. The Morgan fingerprint density at radius 1 is 1.12 bits per heavy atom. The largest absolute Gasteiger partial charge is 0.357 e. The van der Waals surface area contributed by atoms with E-state index >= 15 is 0 Å². The number of aliphatic imine (C=N–C) groups is 1. The first-order chi connectivity index (χ1) is 11.4. The van der Waals surface area contributed by atoms with Crippen molar-refractivity contribution in [1.29, 1.82) is 0 Å². The lowest BCUT2D eigenvalue weighted by Crippen LogP contribution is -2.89. The zero-order valence-corrected chi connectivity index (χ0v) is 15.1. The Hall–Kier alpha value is -2.18. The van der Waals surface area contributed by atoms with Crippen LogP contribution in [0.5, 0.6) is 0 Å². The molecule has 5 nitrogen and oxygen atoms in total. The fraction of sp³-hybridized carbons (Fsp3) is 0.278. The van der Waals surface area contributed by atoms with Crippen molar-refractivity contribution in [3.05, 3.63) is 60.2 Å². The van der Waals surface area contributed by atoms with E-state index in [0.717, 1.165) is 11.3 Å². The van der Waals surface area contributed by atoms with E-state index in [1.807, 2.05) is 68.3 Å². The lowest BCUT2D eigenvalue weighted by molar-refractivity contribution is -0.501. The van der Waals surface area contributed by atoms with Crippen LogP contribution in [0.2, 0.25) is 0 Å². The van der Waals surface area contributed by atoms with Crippen molar-refractivity contribution < 1.29 is 13.1 Å². The highest BCUT2D eigenvalue weighted by atomic mass is 32.2. The molecule has 0 aliphatic rings. The Labute approximate surface area is 144 Å². The van der Waals surface area contributed by atoms with Gasteiger partial charge < -0.3 is 4.90 Å². The molecule has 128 valence electrons. The second kappa shape index (κ2) is 8.08. The van der Waals surface area contributed by atoms with Crippen molar-refractivity contribution in [3.8, 4) is 0 Å². The minimum Gasteiger partial charge on any atom is -0.357 e. The lowest BCUT2D eigenvalue weighted by Gasteiger charge is -2.20. The SMILES string of the molecule is Cc1ccc(S(=O)(=O)[NH2+]CC(C)N(C)C=Nc2ccccc2)cc1. The van der Waals surface area contributed by atoms with Gasteiger partial charge in [-0.3, -0.25) is 0 Å². The lowest BCUT2D eigenvalue weighted by atomic mass is 10.2. The zero-order valence-electron chi connectivity index (χ0n) is 14.3. The van der Waals surface area contributed by atoms with Crippen LogP contribution in [-0.4, -0.2) is 39.3 Å². The van der Waals surface area contributed by atoms with Crippen LogP contribution in [-0.2, 0) is 10.0 Å². The van der Waals surface area contributed by atoms with E-state index in [9.17, 15) is 8.42 Å². The summed E-state index contributed by atoms with van der Waals surface area (Å²) in [6, 6.07) is 16.6. The number of likely N-dealkylation sites (N-methyl/N-ethyl adjacent to an activating group) is 1. The molecule has 0 aliphatic heterocycles. The van der Waals surface area contributed by atoms with E-state index in [4.69, 9.17) is 0 Å². The Kier molecular flexibility index (Phi) is 6.11. The number of nitrogens with zero attached hydrogens (tertiary/aromatic N) is 2. The van der Waals surface area contributed by atoms with Gasteiger partial charge in [0.25, 0.3) is 0 Å². The Bertz CT molecular complexity index is 772. The van der Waals surface area contributed by atoms with Crippen molar-refractivity contribution in [2.75, 3.05) is 13.6 Å². The molecule has 1 atom stereocenters. The van der Waals surface area contributed by atoms with Crippen LogP contribution in [0, 0.1) is 6.92 Å². The number of hydrogen-bond acceptors (Lipinski definition) is 3. The molecule has 0 spiro atoms. The van der Waals surface area contributed by atoms with E-state index in [1.54, 1.807) is 18.5 Å². The molecule has 24 heavy (non-hydrogen) atoms. The van der Waals surface area contributed by atoms with E-state index in [-0.39, 0.29) is 6.04 Å². The summed E-state index contributed by atoms with van der Waals surface area (Å²) in [7, 11) is -1.48. The molecule has 2 N–H and O–H groups in total. The van der Waals surface area contributed by atoms with Gasteiger partial charge in [-0.25, -0.2) is 9.71 Å². The van der Waals surface area contributed by atoms with Gasteiger partial charge in [-0.1, -0.05) is 35.9 Å². The highest BCUT2D eigenvalue weighted by Crippen LogP contribution is 2.09. The fourth-order valence-corrected chi connectivity index (χ4v) is 3.28. The number of sulfonamides is 1. The number of quaternary nitrogens is 1. The van der Waals surface area contributed by atoms with Crippen LogP contribution < -0.4 is 4.72 Å². The van der Waals surface area contributed by atoms with Gasteiger partial charge in [-0.05, 0) is 38.1 Å². The van der Waals surface area contributed by atoms with Gasteiger partial charge in [0.15, 0.2) is 0 Å². The molecule has 6 heteroatoms. The summed E-state index contributed by atoms with van der Waals surface area (Å²) in [6.07, 6.45) is 1.73. The summed E-state index contributed by atoms with van der Waals surface area (Å²) in [5.41, 5.74) is 1.91. The molecule has 0 aliphatic carbocycles. The van der Waals surface area contributed by atoms with Crippen molar-refractivity contribution in [1.82, 2.24) is 4.90 Å². The number of rotatable bonds is 7. The molecule has 2 aromatic carbocycles. The average molecular weight is 346 g/mol. The number of aryl methyl sites for hydroxylation is 1. The first kappa shape index (κ1) is 18.2. The predicted molar refractivity (Wildman–Crippen MR) is 97.0 cm³/mol. The Balaban J connectivity index is 1.93. The highest BCUT2D eigenvalue weighted by molar-refractivity contribution is 7.84. The van der Waals surface area contributed by atoms with Crippen LogP contribution in [0.25, 0.3) is 0 Å². The minimum atomic E-state index is -3.37. The van der Waals surface area contributed by atoms with Crippen LogP contribution in [0.3, 0.4) is 0 Å². The van der Waals surface area contributed by atoms with Crippen LogP contribution in [0.15, 0.2) is 64.5 Å². The molecule has 0 aromatic heterocycles. The number of benzene rings is 2. The molecule has 0 saturated carbocycles. The quantitative estimate of drug-likeness (QED) is 0.615. The molecule has 0 radical (unpaired) electrons.